The van der Waals surface area contributed by atoms with E-state index in [-0.39, 0.29) is 18.1 Å². The number of allylic oxidation sites excluding steroid dienone is 2. The van der Waals surface area contributed by atoms with Gasteiger partial charge in [-0.2, -0.15) is 0 Å². The number of ether oxygens (including phenoxy) is 1. The first-order chi connectivity index (χ1) is 10.3. The fourth-order valence-electron chi connectivity index (χ4n) is 1.66. The number of rotatable bonds is 5. The maximum atomic E-state index is 11.9. The van der Waals surface area contributed by atoms with Crippen LogP contribution in [0.2, 0.25) is 10.0 Å². The minimum absolute atomic E-state index is 0.172. The van der Waals surface area contributed by atoms with Crippen molar-refractivity contribution in [2.24, 2.45) is 4.99 Å². The number of aliphatic imine (C=N–C) groups is 1. The van der Waals surface area contributed by atoms with Crippen LogP contribution in [0.5, 0.6) is 0 Å². The van der Waals surface area contributed by atoms with Crippen LogP contribution in [0.4, 0.5) is 0 Å². The third-order valence-corrected chi connectivity index (χ3v) is 3.46. The van der Waals surface area contributed by atoms with Gasteiger partial charge in [0.1, 0.15) is 5.76 Å². The molecule has 4 nitrogen and oxygen atoms in total. The van der Waals surface area contributed by atoms with Crippen molar-refractivity contribution in [1.82, 2.24) is 0 Å². The smallest absolute Gasteiger partial charge is 0.360 e. The summed E-state index contributed by atoms with van der Waals surface area (Å²) in [6, 6.07) is 5.06. The topological polar surface area (TPSA) is 58.9 Å². The molecule has 0 spiro atoms. The Hall–Kier alpha value is -1.78. The molecule has 0 fully saturated rings. The lowest BCUT2D eigenvalue weighted by Gasteiger charge is -2.11. The maximum Gasteiger partial charge on any atom is 0.360 e. The first kappa shape index (κ1) is 18.3. The van der Waals surface area contributed by atoms with Crippen LogP contribution >= 0.6 is 23.2 Å². The van der Waals surface area contributed by atoms with Gasteiger partial charge < -0.3 is 9.84 Å². The number of hydrogen-bond acceptors (Lipinski definition) is 4. The van der Waals surface area contributed by atoms with Gasteiger partial charge in [0.15, 0.2) is 5.70 Å². The summed E-state index contributed by atoms with van der Waals surface area (Å²) in [6.45, 7) is 8.74. The third-order valence-electron chi connectivity index (χ3n) is 2.65. The Balaban J connectivity index is 3.48. The molecule has 22 heavy (non-hydrogen) atoms. The second-order valence-electron chi connectivity index (χ2n) is 4.50. The van der Waals surface area contributed by atoms with Crippen molar-refractivity contribution in [3.05, 3.63) is 57.4 Å². The van der Waals surface area contributed by atoms with E-state index in [1.807, 2.05) is 0 Å². The van der Waals surface area contributed by atoms with Crippen molar-refractivity contribution >= 4 is 34.9 Å². The number of carbonyl (C=O) groups excluding carboxylic acids is 1. The van der Waals surface area contributed by atoms with Crippen LogP contribution in [0, 0.1) is 0 Å². The quantitative estimate of drug-likeness (QED) is 0.365. The molecule has 6 heteroatoms. The maximum absolute atomic E-state index is 11.9. The molecule has 1 aromatic rings. The van der Waals surface area contributed by atoms with E-state index >= 15 is 0 Å². The molecule has 0 saturated heterocycles. The number of nitrogens with zero attached hydrogens (tertiary/aromatic N) is 1. The zero-order valence-corrected chi connectivity index (χ0v) is 14.1. The summed E-state index contributed by atoms with van der Waals surface area (Å²) < 4.78 is 4.88. The first-order valence-corrected chi connectivity index (χ1v) is 7.31. The molecule has 0 bridgehead atoms. The molecule has 1 aromatic carbocycles. The van der Waals surface area contributed by atoms with Crippen LogP contribution in [0.3, 0.4) is 0 Å². The fraction of sp³-hybridized carbons (Fsp3) is 0.250. The van der Waals surface area contributed by atoms with E-state index < -0.39 is 5.97 Å². The van der Waals surface area contributed by atoms with Crippen LogP contribution in [-0.4, -0.2) is 23.4 Å². The van der Waals surface area contributed by atoms with Gasteiger partial charge in [0.2, 0.25) is 0 Å². The average molecular weight is 342 g/mol. The van der Waals surface area contributed by atoms with E-state index in [9.17, 15) is 9.90 Å². The number of aliphatic hydroxyl groups is 1. The summed E-state index contributed by atoms with van der Waals surface area (Å²) in [6.07, 6.45) is 0. The van der Waals surface area contributed by atoms with Crippen molar-refractivity contribution in [3.8, 4) is 0 Å². The summed E-state index contributed by atoms with van der Waals surface area (Å²) in [4.78, 5) is 16.1. The SMILES string of the molecule is C=C(C)/C(=N\C(C(=O)OCC)=C(/C)O)c1cccc(Cl)c1Cl. The molecule has 118 valence electrons. The molecular formula is C16H17Cl2NO3. The Kier molecular flexibility index (Phi) is 6.65. The molecule has 0 atom stereocenters. The molecule has 1 rings (SSSR count). The molecule has 0 amide bonds. The summed E-state index contributed by atoms with van der Waals surface area (Å²) in [5.74, 6) is -0.977. The Morgan fingerprint density at radius 2 is 2.00 bits per heavy atom. The Labute approximate surface area is 139 Å². The van der Waals surface area contributed by atoms with Gasteiger partial charge in [-0.3, -0.25) is 0 Å². The summed E-state index contributed by atoms with van der Waals surface area (Å²) in [5, 5.41) is 10.3. The van der Waals surface area contributed by atoms with Gasteiger partial charge in [-0.05, 0) is 32.4 Å². The summed E-state index contributed by atoms with van der Waals surface area (Å²) in [5.41, 5.74) is 1.23. The van der Waals surface area contributed by atoms with Crippen LogP contribution in [0.25, 0.3) is 0 Å². The number of halogens is 2. The van der Waals surface area contributed by atoms with Gasteiger partial charge in [-0.25, -0.2) is 9.79 Å². The third kappa shape index (κ3) is 4.36. The van der Waals surface area contributed by atoms with Crippen LogP contribution in [-0.2, 0) is 9.53 Å². The Morgan fingerprint density at radius 1 is 1.36 bits per heavy atom. The van der Waals surface area contributed by atoms with Gasteiger partial charge in [-0.1, -0.05) is 41.9 Å². The number of esters is 1. The molecular weight excluding hydrogens is 325 g/mol. The van der Waals surface area contributed by atoms with Gasteiger partial charge in [0.05, 0.1) is 22.4 Å². The van der Waals surface area contributed by atoms with Gasteiger partial charge >= 0.3 is 5.97 Å². The predicted molar refractivity (Wildman–Crippen MR) is 89.8 cm³/mol. The van der Waals surface area contributed by atoms with E-state index in [1.165, 1.54) is 6.92 Å². The van der Waals surface area contributed by atoms with E-state index in [1.54, 1.807) is 32.0 Å². The van der Waals surface area contributed by atoms with Gasteiger partial charge in [0.25, 0.3) is 0 Å². The molecule has 0 aliphatic carbocycles. The van der Waals surface area contributed by atoms with Crippen molar-refractivity contribution < 1.29 is 14.6 Å². The van der Waals surface area contributed by atoms with E-state index in [2.05, 4.69) is 11.6 Å². The molecule has 0 aliphatic heterocycles. The van der Waals surface area contributed by atoms with Crippen molar-refractivity contribution in [3.63, 3.8) is 0 Å². The van der Waals surface area contributed by atoms with Crippen LogP contribution < -0.4 is 0 Å². The lowest BCUT2D eigenvalue weighted by Crippen LogP contribution is -2.12. The highest BCUT2D eigenvalue weighted by Crippen LogP contribution is 2.28. The first-order valence-electron chi connectivity index (χ1n) is 6.55. The average Bonchev–Trinajstić information content (AvgIpc) is 2.43. The molecule has 0 unspecified atom stereocenters. The standard InChI is InChI=1S/C16H17Cl2NO3/c1-5-22-16(21)15(10(4)20)19-14(9(2)3)11-7-6-8-12(17)13(11)18/h6-8,20H,2,5H2,1,3-4H3/b15-10+,19-14+. The number of hydrogen-bond donors (Lipinski definition) is 1. The normalized spacial score (nSPS) is 12.7. The van der Waals surface area contributed by atoms with E-state index in [0.717, 1.165) is 0 Å². The zero-order chi connectivity index (χ0) is 16.9. The Morgan fingerprint density at radius 3 is 2.50 bits per heavy atom. The van der Waals surface area contributed by atoms with E-state index in [0.29, 0.717) is 26.9 Å². The zero-order valence-electron chi connectivity index (χ0n) is 12.6. The van der Waals surface area contributed by atoms with E-state index in [4.69, 9.17) is 27.9 Å². The molecule has 0 heterocycles. The van der Waals surface area contributed by atoms with Crippen molar-refractivity contribution in [2.45, 2.75) is 20.8 Å². The minimum Gasteiger partial charge on any atom is -0.510 e. The molecule has 0 radical (unpaired) electrons. The molecule has 0 aliphatic rings. The molecule has 0 saturated carbocycles. The van der Waals surface area contributed by atoms with Gasteiger partial charge in [0, 0.05) is 5.56 Å². The Bertz CT molecular complexity index is 659. The number of carbonyl (C=O) groups is 1. The monoisotopic (exact) mass is 341 g/mol. The number of aliphatic hydroxyl groups excluding tert-OH is 1. The van der Waals surface area contributed by atoms with Crippen LogP contribution in [0.1, 0.15) is 26.3 Å². The summed E-state index contributed by atoms with van der Waals surface area (Å²) in [7, 11) is 0. The molecule has 1 N–H and O–H groups in total. The number of benzene rings is 1. The van der Waals surface area contributed by atoms with Gasteiger partial charge in [-0.15, -0.1) is 0 Å². The molecule has 0 aromatic heterocycles. The van der Waals surface area contributed by atoms with Crippen molar-refractivity contribution in [1.29, 1.82) is 0 Å². The second kappa shape index (κ2) is 8.01. The fourth-order valence-corrected chi connectivity index (χ4v) is 2.05. The summed E-state index contributed by atoms with van der Waals surface area (Å²) >= 11 is 12.2. The van der Waals surface area contributed by atoms with Crippen molar-refractivity contribution in [2.75, 3.05) is 6.61 Å². The second-order valence-corrected chi connectivity index (χ2v) is 5.28. The lowest BCUT2D eigenvalue weighted by molar-refractivity contribution is -0.138. The highest BCUT2D eigenvalue weighted by Gasteiger charge is 2.18. The largest absolute Gasteiger partial charge is 0.510 e. The van der Waals surface area contributed by atoms with Crippen LogP contribution in [0.15, 0.2) is 46.8 Å². The lowest BCUT2D eigenvalue weighted by atomic mass is 10.0. The highest BCUT2D eigenvalue weighted by molar-refractivity contribution is 6.44. The highest BCUT2D eigenvalue weighted by atomic mass is 35.5. The predicted octanol–water partition coefficient (Wildman–Crippen LogP) is 4.71. The minimum atomic E-state index is -0.723.